The Kier molecular flexibility index (Phi) is 4.51. The highest BCUT2D eigenvalue weighted by Crippen LogP contribution is 2.35. The summed E-state index contributed by atoms with van der Waals surface area (Å²) in [5.41, 5.74) is 0.501. The van der Waals surface area contributed by atoms with Gasteiger partial charge in [0.15, 0.2) is 16.3 Å². The molecular weight excluding hydrogens is 400 g/mol. The number of para-hydroxylation sites is 1. The van der Waals surface area contributed by atoms with Gasteiger partial charge in [-0.3, -0.25) is 19.3 Å². The maximum Gasteiger partial charge on any atom is 0.279 e. The molecule has 1 saturated carbocycles. The van der Waals surface area contributed by atoms with Crippen molar-refractivity contribution < 1.29 is 4.79 Å². The van der Waals surface area contributed by atoms with Crippen LogP contribution in [0, 0.1) is 4.77 Å². The molecule has 30 heavy (non-hydrogen) atoms. The van der Waals surface area contributed by atoms with Crippen molar-refractivity contribution in [2.75, 3.05) is 0 Å². The Morgan fingerprint density at radius 3 is 2.53 bits per heavy atom. The number of rotatable bonds is 5. The second kappa shape index (κ2) is 7.34. The fourth-order valence-electron chi connectivity index (χ4n) is 3.52. The molecule has 4 aromatic rings. The Morgan fingerprint density at radius 1 is 1.10 bits per heavy atom. The number of hydrogen-bond acceptors (Lipinski definition) is 5. The molecule has 8 nitrogen and oxygen atoms in total. The van der Waals surface area contributed by atoms with Gasteiger partial charge >= 0.3 is 0 Å². The summed E-state index contributed by atoms with van der Waals surface area (Å²) in [7, 11) is 0. The summed E-state index contributed by atoms with van der Waals surface area (Å²) in [5.74, 6) is 0.295. The van der Waals surface area contributed by atoms with E-state index in [1.807, 2.05) is 22.8 Å². The highest BCUT2D eigenvalue weighted by Gasteiger charge is 2.27. The molecule has 0 saturated heterocycles. The van der Waals surface area contributed by atoms with Crippen LogP contribution in [0.25, 0.3) is 16.5 Å². The molecule has 0 spiro atoms. The predicted molar refractivity (Wildman–Crippen MR) is 114 cm³/mol. The van der Waals surface area contributed by atoms with Gasteiger partial charge < -0.3 is 5.32 Å². The van der Waals surface area contributed by atoms with Crippen LogP contribution in [-0.2, 0) is 6.54 Å². The Labute approximate surface area is 176 Å². The van der Waals surface area contributed by atoms with Crippen molar-refractivity contribution in [2.24, 2.45) is 0 Å². The van der Waals surface area contributed by atoms with Crippen LogP contribution >= 0.6 is 12.2 Å². The number of H-pyrrole nitrogens is 1. The lowest BCUT2D eigenvalue weighted by Crippen LogP contribution is -2.30. The molecule has 2 N–H and O–H groups in total. The van der Waals surface area contributed by atoms with E-state index in [-0.39, 0.29) is 23.7 Å². The standard InChI is InChI=1S/C21H18N6O2S/c28-19(22-12-17-23-24-21(30)26(17)13-10-11-13)18-15-8-4-5-9-16(15)20(29)27(25-18)14-6-2-1-3-7-14/h1-9,13H,10-12H2,(H,22,28)(H,24,30). The van der Waals surface area contributed by atoms with Gasteiger partial charge in [0.2, 0.25) is 0 Å². The number of amides is 1. The van der Waals surface area contributed by atoms with E-state index in [2.05, 4.69) is 20.6 Å². The van der Waals surface area contributed by atoms with E-state index in [1.165, 1.54) is 4.68 Å². The van der Waals surface area contributed by atoms with Crippen LogP contribution in [0.1, 0.15) is 35.2 Å². The van der Waals surface area contributed by atoms with Crippen LogP contribution in [0.2, 0.25) is 0 Å². The third kappa shape index (κ3) is 3.22. The monoisotopic (exact) mass is 418 g/mol. The SMILES string of the molecule is O=C(NCc1n[nH]c(=S)n1C1CC1)c1nn(-c2ccccc2)c(=O)c2ccccc12. The minimum atomic E-state index is -0.382. The maximum atomic E-state index is 13.1. The van der Waals surface area contributed by atoms with Crippen LogP contribution in [0.15, 0.2) is 59.4 Å². The third-order valence-corrected chi connectivity index (χ3v) is 5.41. The number of nitrogens with zero attached hydrogens (tertiary/aromatic N) is 4. The molecule has 2 heterocycles. The number of nitrogens with one attached hydrogen (secondary N) is 2. The van der Waals surface area contributed by atoms with E-state index < -0.39 is 0 Å². The first-order valence-corrected chi connectivity index (χ1v) is 10.1. The maximum absolute atomic E-state index is 13.1. The summed E-state index contributed by atoms with van der Waals surface area (Å²) >= 11 is 5.29. The topological polar surface area (TPSA) is 97.6 Å². The first-order valence-electron chi connectivity index (χ1n) is 9.65. The molecule has 1 fully saturated rings. The van der Waals surface area contributed by atoms with Crippen molar-refractivity contribution in [1.29, 1.82) is 0 Å². The zero-order chi connectivity index (χ0) is 20.7. The molecule has 5 rings (SSSR count). The summed E-state index contributed by atoms with van der Waals surface area (Å²) in [4.78, 5) is 26.0. The molecular formula is C21H18N6O2S. The van der Waals surface area contributed by atoms with Crippen molar-refractivity contribution >= 4 is 28.9 Å². The average molecular weight is 418 g/mol. The lowest BCUT2D eigenvalue weighted by Gasteiger charge is -2.11. The summed E-state index contributed by atoms with van der Waals surface area (Å²) in [6.45, 7) is 0.211. The van der Waals surface area contributed by atoms with E-state index in [0.717, 1.165) is 12.8 Å². The first-order chi connectivity index (χ1) is 14.6. The summed E-state index contributed by atoms with van der Waals surface area (Å²) in [6.07, 6.45) is 2.12. The zero-order valence-electron chi connectivity index (χ0n) is 15.9. The smallest absolute Gasteiger partial charge is 0.279 e. The molecule has 1 aliphatic carbocycles. The van der Waals surface area contributed by atoms with E-state index >= 15 is 0 Å². The molecule has 1 amide bonds. The molecule has 1 aliphatic rings. The summed E-state index contributed by atoms with van der Waals surface area (Å²) < 4.78 is 3.77. The fraction of sp³-hybridized carbons (Fsp3) is 0.190. The highest BCUT2D eigenvalue weighted by atomic mass is 32.1. The Morgan fingerprint density at radius 2 is 1.80 bits per heavy atom. The fourth-order valence-corrected chi connectivity index (χ4v) is 3.82. The average Bonchev–Trinajstić information content (AvgIpc) is 3.55. The van der Waals surface area contributed by atoms with E-state index in [9.17, 15) is 9.59 Å². The summed E-state index contributed by atoms with van der Waals surface area (Å²) in [5, 5.41) is 15.2. The molecule has 150 valence electrons. The van der Waals surface area contributed by atoms with Crippen LogP contribution in [0.3, 0.4) is 0 Å². The molecule has 0 aliphatic heterocycles. The molecule has 0 unspecified atom stereocenters. The number of hydrogen-bond donors (Lipinski definition) is 2. The molecule has 2 aromatic carbocycles. The van der Waals surface area contributed by atoms with E-state index in [1.54, 1.807) is 36.4 Å². The lowest BCUT2D eigenvalue weighted by molar-refractivity contribution is 0.0944. The number of fused-ring (bicyclic) bond motifs is 1. The number of benzene rings is 2. The van der Waals surface area contributed by atoms with E-state index in [0.29, 0.717) is 33.1 Å². The van der Waals surface area contributed by atoms with Gasteiger partial charge in [0.25, 0.3) is 11.5 Å². The number of carbonyl (C=O) groups excluding carboxylic acids is 1. The van der Waals surface area contributed by atoms with Crippen molar-refractivity contribution in [2.45, 2.75) is 25.4 Å². The molecule has 0 bridgehead atoms. The van der Waals surface area contributed by atoms with Crippen LogP contribution in [-0.4, -0.2) is 30.5 Å². The van der Waals surface area contributed by atoms with Crippen molar-refractivity contribution in [3.8, 4) is 5.69 Å². The Hall–Kier alpha value is -3.59. The number of aromatic nitrogens is 5. The minimum absolute atomic E-state index is 0.182. The molecule has 9 heteroatoms. The molecule has 0 atom stereocenters. The van der Waals surface area contributed by atoms with Gasteiger partial charge in [-0.15, -0.1) is 0 Å². The van der Waals surface area contributed by atoms with Crippen molar-refractivity contribution in [3.63, 3.8) is 0 Å². The Balaban J connectivity index is 1.53. The normalized spacial score (nSPS) is 13.5. The van der Waals surface area contributed by atoms with Crippen molar-refractivity contribution in [1.82, 2.24) is 29.9 Å². The lowest BCUT2D eigenvalue weighted by atomic mass is 10.1. The van der Waals surface area contributed by atoms with Gasteiger partial charge in [-0.25, -0.2) is 0 Å². The van der Waals surface area contributed by atoms with Crippen molar-refractivity contribution in [3.05, 3.63) is 81.2 Å². The largest absolute Gasteiger partial charge is 0.343 e. The Bertz CT molecular complexity index is 1370. The number of aromatic amines is 1. The van der Waals surface area contributed by atoms with Crippen LogP contribution in [0.4, 0.5) is 0 Å². The second-order valence-corrected chi connectivity index (χ2v) is 7.56. The van der Waals surface area contributed by atoms with Crippen LogP contribution in [0.5, 0.6) is 0 Å². The van der Waals surface area contributed by atoms with Gasteiger partial charge in [-0.2, -0.15) is 14.9 Å². The first kappa shape index (κ1) is 18.4. The van der Waals surface area contributed by atoms with Crippen LogP contribution < -0.4 is 10.9 Å². The third-order valence-electron chi connectivity index (χ3n) is 5.12. The van der Waals surface area contributed by atoms with Gasteiger partial charge in [0.05, 0.1) is 17.6 Å². The quantitative estimate of drug-likeness (QED) is 0.486. The minimum Gasteiger partial charge on any atom is -0.343 e. The molecule has 2 aromatic heterocycles. The number of carbonyl (C=O) groups is 1. The predicted octanol–water partition coefficient (Wildman–Crippen LogP) is 2.90. The van der Waals surface area contributed by atoms with Gasteiger partial charge in [0, 0.05) is 11.4 Å². The summed E-state index contributed by atoms with van der Waals surface area (Å²) in [6, 6.07) is 16.4. The van der Waals surface area contributed by atoms with Gasteiger partial charge in [0.1, 0.15) is 0 Å². The van der Waals surface area contributed by atoms with Gasteiger partial charge in [-0.1, -0.05) is 36.4 Å². The molecule has 0 radical (unpaired) electrons. The zero-order valence-corrected chi connectivity index (χ0v) is 16.7. The van der Waals surface area contributed by atoms with Gasteiger partial charge in [-0.05, 0) is 43.3 Å². The second-order valence-electron chi connectivity index (χ2n) is 7.18. The highest BCUT2D eigenvalue weighted by molar-refractivity contribution is 7.71. The van der Waals surface area contributed by atoms with E-state index in [4.69, 9.17) is 12.2 Å².